The number of amides is 2. The summed E-state index contributed by atoms with van der Waals surface area (Å²) in [5.41, 5.74) is 13.9. The summed E-state index contributed by atoms with van der Waals surface area (Å²) in [6, 6.07) is 16.7. The van der Waals surface area contributed by atoms with E-state index in [9.17, 15) is 29.4 Å². The van der Waals surface area contributed by atoms with Crippen molar-refractivity contribution in [1.29, 1.82) is 0 Å². The molecule has 0 spiro atoms. The first kappa shape index (κ1) is 36.9. The molecule has 56 heavy (non-hydrogen) atoms. The lowest BCUT2D eigenvalue weighted by Crippen LogP contribution is -2.32. The van der Waals surface area contributed by atoms with Gasteiger partial charge in [-0.15, -0.1) is 22.7 Å². The van der Waals surface area contributed by atoms with Crippen molar-refractivity contribution in [1.82, 2.24) is 9.55 Å². The number of aromatic carboxylic acids is 2. The summed E-state index contributed by atoms with van der Waals surface area (Å²) in [5.74, 6) is -3.37. The predicted molar refractivity (Wildman–Crippen MR) is 217 cm³/mol. The van der Waals surface area contributed by atoms with Crippen molar-refractivity contribution in [2.75, 3.05) is 31.0 Å². The number of aromatic nitrogens is 2. The van der Waals surface area contributed by atoms with Crippen LogP contribution in [0.4, 0.5) is 11.4 Å². The van der Waals surface area contributed by atoms with E-state index in [1.807, 2.05) is 4.90 Å². The second-order valence-corrected chi connectivity index (χ2v) is 15.5. The molecule has 0 bridgehead atoms. The summed E-state index contributed by atoms with van der Waals surface area (Å²) in [5, 5.41) is 26.0. The molecule has 18 heteroatoms. The summed E-state index contributed by atoms with van der Waals surface area (Å²) >= 11 is 15.6. The van der Waals surface area contributed by atoms with E-state index in [4.69, 9.17) is 49.1 Å². The normalized spacial score (nSPS) is 13.6. The molecule has 1 unspecified atom stereocenters. The minimum atomic E-state index is -1.20. The Balaban J connectivity index is 1.37. The Labute approximate surface area is 334 Å². The molecule has 1 aliphatic rings. The van der Waals surface area contributed by atoms with Gasteiger partial charge in [-0.1, -0.05) is 35.3 Å². The number of carboxylic acid groups (broad SMARTS) is 2. The van der Waals surface area contributed by atoms with Gasteiger partial charge in [0.1, 0.15) is 32.9 Å². The quantitative estimate of drug-likeness (QED) is 0.0853. The molecule has 1 atom stereocenters. The van der Waals surface area contributed by atoms with E-state index in [0.717, 1.165) is 22.7 Å². The number of hydrogen-bond donors (Lipinski definition) is 5. The van der Waals surface area contributed by atoms with Gasteiger partial charge in [-0.3, -0.25) is 9.59 Å². The molecule has 0 aliphatic carbocycles. The molecule has 7 aromatic rings. The summed E-state index contributed by atoms with van der Waals surface area (Å²) in [4.78, 5) is 57.5. The van der Waals surface area contributed by atoms with Crippen molar-refractivity contribution in [3.8, 4) is 22.9 Å². The van der Waals surface area contributed by atoms with Crippen LogP contribution in [-0.4, -0.2) is 64.3 Å². The highest BCUT2D eigenvalue weighted by Crippen LogP contribution is 2.52. The lowest BCUT2D eigenvalue weighted by molar-refractivity contribution is 0.0691. The van der Waals surface area contributed by atoms with Crippen molar-refractivity contribution in [3.05, 3.63) is 97.2 Å². The summed E-state index contributed by atoms with van der Waals surface area (Å²) in [7, 11) is 2.77. The largest absolute Gasteiger partial charge is 0.494 e. The van der Waals surface area contributed by atoms with Crippen molar-refractivity contribution < 1.29 is 38.9 Å². The number of nitrogens with two attached hydrogens (primary N) is 2. The second kappa shape index (κ2) is 13.9. The SMILES string of the molecule is COc1c(C(N)=O)ccc2c1NC(c1c(C(=O)O)sc3cccc(Cl)c13)N2CCn1c(-c2c(C(=O)O)sc3cccc(Cl)c23)nc2c(OC)c(C(N)=O)ccc21. The van der Waals surface area contributed by atoms with Crippen LogP contribution < -0.4 is 31.2 Å². The minimum absolute atomic E-state index is 0.0148. The number of nitrogens with one attached hydrogen (secondary N) is 1. The molecule has 4 heterocycles. The van der Waals surface area contributed by atoms with Crippen molar-refractivity contribution >= 4 is 112 Å². The molecule has 14 nitrogen and oxygen atoms in total. The third-order valence-corrected chi connectivity index (χ3v) is 12.6. The number of halogens is 2. The molecule has 8 rings (SSSR count). The molecule has 4 aromatic carbocycles. The van der Waals surface area contributed by atoms with E-state index in [2.05, 4.69) is 5.32 Å². The van der Waals surface area contributed by atoms with Gasteiger partial charge >= 0.3 is 11.9 Å². The summed E-state index contributed by atoms with van der Waals surface area (Å²) in [6.07, 6.45) is -0.873. The van der Waals surface area contributed by atoms with Crippen LogP contribution in [0, 0.1) is 0 Å². The highest BCUT2D eigenvalue weighted by atomic mass is 35.5. The predicted octanol–water partition coefficient (Wildman–Crippen LogP) is 7.68. The number of carbonyl (C=O) groups excluding carboxylic acids is 2. The average Bonchev–Trinajstić information content (AvgIpc) is 3.93. The number of methoxy groups -OCH3 is 2. The fourth-order valence-corrected chi connectivity index (χ4v) is 10.2. The molecule has 1 aliphatic heterocycles. The third-order valence-electron chi connectivity index (χ3n) is 9.67. The zero-order valence-electron chi connectivity index (χ0n) is 29.2. The molecule has 7 N–H and O–H groups in total. The maximum Gasteiger partial charge on any atom is 0.346 e. The smallest absolute Gasteiger partial charge is 0.346 e. The Morgan fingerprint density at radius 3 is 2.02 bits per heavy atom. The second-order valence-electron chi connectivity index (χ2n) is 12.6. The Morgan fingerprint density at radius 1 is 0.804 bits per heavy atom. The fraction of sp³-hybridized carbons (Fsp3) is 0.132. The van der Waals surface area contributed by atoms with Gasteiger partial charge in [0.05, 0.1) is 47.1 Å². The summed E-state index contributed by atoms with van der Waals surface area (Å²) in [6.45, 7) is 0.225. The van der Waals surface area contributed by atoms with Gasteiger partial charge in [-0.2, -0.15) is 0 Å². The zero-order chi connectivity index (χ0) is 39.7. The molecule has 0 radical (unpaired) electrons. The number of ether oxygens (including phenoxy) is 2. The van der Waals surface area contributed by atoms with Gasteiger partial charge in [0, 0.05) is 43.8 Å². The van der Waals surface area contributed by atoms with Gasteiger partial charge in [-0.05, 0) is 48.5 Å². The third kappa shape index (κ3) is 5.63. The van der Waals surface area contributed by atoms with E-state index in [0.29, 0.717) is 52.7 Å². The first-order valence-electron chi connectivity index (χ1n) is 16.7. The van der Waals surface area contributed by atoms with Crippen molar-refractivity contribution in [3.63, 3.8) is 0 Å². The number of carboxylic acids is 2. The lowest BCUT2D eigenvalue weighted by atomic mass is 10.1. The number of nitrogens with zero attached hydrogens (tertiary/aromatic N) is 3. The molecular formula is C38H28Cl2N6O8S2. The van der Waals surface area contributed by atoms with E-state index in [1.165, 1.54) is 26.4 Å². The van der Waals surface area contributed by atoms with Crippen LogP contribution in [0.5, 0.6) is 11.5 Å². The van der Waals surface area contributed by atoms with Gasteiger partial charge < -0.3 is 45.9 Å². The van der Waals surface area contributed by atoms with E-state index in [1.54, 1.807) is 53.1 Å². The highest BCUT2D eigenvalue weighted by molar-refractivity contribution is 7.21. The van der Waals surface area contributed by atoms with Crippen LogP contribution in [-0.2, 0) is 6.54 Å². The maximum atomic E-state index is 12.9. The number of carbonyl (C=O) groups is 4. The van der Waals surface area contributed by atoms with Gasteiger partial charge in [-0.25, -0.2) is 14.6 Å². The van der Waals surface area contributed by atoms with E-state index >= 15 is 0 Å². The maximum absolute atomic E-state index is 12.9. The fourth-order valence-electron chi connectivity index (χ4n) is 7.40. The number of rotatable bonds is 11. The number of primary amides is 2. The number of benzene rings is 4. The van der Waals surface area contributed by atoms with Crippen LogP contribution >= 0.6 is 45.9 Å². The highest BCUT2D eigenvalue weighted by Gasteiger charge is 2.39. The van der Waals surface area contributed by atoms with Crippen molar-refractivity contribution in [2.45, 2.75) is 12.7 Å². The number of hydrogen-bond acceptors (Lipinski definition) is 11. The molecule has 0 fully saturated rings. The number of thiophene rings is 2. The Hall–Kier alpha value is -6.07. The summed E-state index contributed by atoms with van der Waals surface area (Å²) < 4.78 is 14.4. The topological polar surface area (TPSA) is 212 Å². The molecule has 0 saturated heterocycles. The molecule has 3 aromatic heterocycles. The van der Waals surface area contributed by atoms with Crippen LogP contribution in [0.25, 0.3) is 42.6 Å². The van der Waals surface area contributed by atoms with Crippen LogP contribution in [0.3, 0.4) is 0 Å². The molecule has 284 valence electrons. The van der Waals surface area contributed by atoms with Crippen LogP contribution in [0.2, 0.25) is 10.0 Å². The number of fused-ring (bicyclic) bond motifs is 4. The first-order chi connectivity index (χ1) is 26.9. The standard InChI is InChI=1S/C38H28Cl2N6O8S2/c1-53-29-15(33(41)47)9-11-19-27(29)43-35(25-23-17(39)5-3-7-21(23)55-31(25)37(49)50)45(19)13-14-46-20-12-10-16(34(42)48)30(54-2)28(20)44-36(46)26-24-18(40)6-4-8-22(24)56-32(26)38(51)52/h3-12,35,43H,13-14H2,1-2H3,(H2,41,47)(H2,42,48)(H,49,50)(H,51,52). The number of anilines is 2. The Bertz CT molecular complexity index is 2850. The van der Waals surface area contributed by atoms with Crippen LogP contribution in [0.15, 0.2) is 60.7 Å². The van der Waals surface area contributed by atoms with Gasteiger partial charge in [0.2, 0.25) is 0 Å². The molecular weight excluding hydrogens is 803 g/mol. The average molecular weight is 832 g/mol. The van der Waals surface area contributed by atoms with Gasteiger partial charge in [0.25, 0.3) is 11.8 Å². The molecule has 0 saturated carbocycles. The lowest BCUT2D eigenvalue weighted by Gasteiger charge is -2.28. The first-order valence-corrected chi connectivity index (χ1v) is 19.0. The van der Waals surface area contributed by atoms with E-state index < -0.39 is 29.9 Å². The van der Waals surface area contributed by atoms with Gasteiger partial charge in [0.15, 0.2) is 11.5 Å². The molecule has 2 amide bonds. The Kier molecular flexibility index (Phi) is 9.15. The monoisotopic (exact) mass is 830 g/mol. The zero-order valence-corrected chi connectivity index (χ0v) is 32.3. The Morgan fingerprint density at radius 2 is 1.39 bits per heavy atom. The minimum Gasteiger partial charge on any atom is -0.494 e. The van der Waals surface area contributed by atoms with E-state index in [-0.39, 0.29) is 62.4 Å². The van der Waals surface area contributed by atoms with Crippen LogP contribution in [0.1, 0.15) is 51.8 Å². The van der Waals surface area contributed by atoms with Crippen molar-refractivity contribution in [2.24, 2.45) is 11.5 Å². The number of imidazole rings is 1.